The van der Waals surface area contributed by atoms with Crippen molar-refractivity contribution in [2.75, 3.05) is 6.54 Å². The van der Waals surface area contributed by atoms with E-state index in [-0.39, 0.29) is 41.1 Å². The second-order valence-electron chi connectivity index (χ2n) is 15.0. The van der Waals surface area contributed by atoms with E-state index >= 15 is 4.39 Å². The maximum absolute atomic E-state index is 15.1. The van der Waals surface area contributed by atoms with Crippen LogP contribution in [0.4, 0.5) is 4.39 Å². The highest BCUT2D eigenvalue weighted by Crippen LogP contribution is 2.29. The Bertz CT molecular complexity index is 1890. The molecule has 1 aliphatic rings. The lowest BCUT2D eigenvalue weighted by Gasteiger charge is -2.32. The Morgan fingerprint density at radius 3 is 2.16 bits per heavy atom. The molecule has 1 aromatic heterocycles. The third-order valence-corrected chi connectivity index (χ3v) is 11.8. The predicted octanol–water partition coefficient (Wildman–Crippen LogP) is 1.91. The molecule has 17 nitrogen and oxygen atoms in total. The van der Waals surface area contributed by atoms with Gasteiger partial charge in [0.05, 0.1) is 12.2 Å². The number of nitrogens with one attached hydrogen (secondary N) is 4. The number of amides is 6. The van der Waals surface area contributed by atoms with Gasteiger partial charge < -0.3 is 21.7 Å². The molecule has 0 bridgehead atoms. The molecule has 58 heavy (non-hydrogen) atoms. The Balaban J connectivity index is 2.02. The van der Waals surface area contributed by atoms with E-state index in [0.29, 0.717) is 19.3 Å². The highest BCUT2D eigenvalue weighted by molar-refractivity contribution is 7.89. The second kappa shape index (κ2) is 22.1. The van der Waals surface area contributed by atoms with Gasteiger partial charge in [-0.1, -0.05) is 85.3 Å². The van der Waals surface area contributed by atoms with Gasteiger partial charge in [0.15, 0.2) is 0 Å². The highest BCUT2D eigenvalue weighted by atomic mass is 32.2. The van der Waals surface area contributed by atoms with Crippen molar-refractivity contribution in [3.63, 3.8) is 0 Å². The molecule has 1 aliphatic carbocycles. The third-order valence-electron chi connectivity index (χ3n) is 10.0. The fraction of sp³-hybridized carbons (Fsp3) is 0.564. The molecule has 0 saturated heterocycles. The van der Waals surface area contributed by atoms with E-state index in [4.69, 9.17) is 5.73 Å². The van der Waals surface area contributed by atoms with E-state index in [9.17, 15) is 42.0 Å². The molecule has 1 unspecified atom stereocenters. The number of hydrogen-bond acceptors (Lipinski definition) is 12. The van der Waals surface area contributed by atoms with Gasteiger partial charge in [0.25, 0.3) is 27.7 Å². The van der Waals surface area contributed by atoms with Crippen LogP contribution in [0.15, 0.2) is 47.8 Å². The number of carbonyl (C=O) groups is 7. The van der Waals surface area contributed by atoms with E-state index in [1.165, 1.54) is 37.6 Å². The van der Waals surface area contributed by atoms with E-state index in [1.807, 2.05) is 13.8 Å². The average molecular weight is 831 g/mol. The van der Waals surface area contributed by atoms with E-state index < -0.39 is 98.6 Å². The van der Waals surface area contributed by atoms with Crippen LogP contribution >= 0.6 is 0 Å². The lowest BCUT2D eigenvalue weighted by atomic mass is 9.84. The van der Waals surface area contributed by atoms with Gasteiger partial charge in [0.1, 0.15) is 41.1 Å². The van der Waals surface area contributed by atoms with Crippen LogP contribution < -0.4 is 27.0 Å². The van der Waals surface area contributed by atoms with Crippen LogP contribution in [0.5, 0.6) is 0 Å². The van der Waals surface area contributed by atoms with Gasteiger partial charge in [-0.2, -0.15) is 0 Å². The maximum Gasteiger partial charge on any atom is 0.295 e. The lowest BCUT2D eigenvalue weighted by molar-refractivity contribution is -0.142. The minimum absolute atomic E-state index is 0.0339. The van der Waals surface area contributed by atoms with Gasteiger partial charge in [0.2, 0.25) is 23.5 Å². The molecular formula is C39H55FN8O9S. The first-order valence-electron chi connectivity index (χ1n) is 19.5. The van der Waals surface area contributed by atoms with Crippen molar-refractivity contribution in [1.29, 1.82) is 0 Å². The Hall–Kier alpha value is -5.17. The number of hydrogen-bond donors (Lipinski definition) is 5. The molecule has 1 heterocycles. The van der Waals surface area contributed by atoms with Crippen molar-refractivity contribution >= 4 is 51.2 Å². The number of sulfonamides is 1. The summed E-state index contributed by atoms with van der Waals surface area (Å²) >= 11 is 0. The molecule has 0 spiro atoms. The smallest absolute Gasteiger partial charge is 0.295 e. The Morgan fingerprint density at radius 2 is 1.57 bits per heavy atom. The van der Waals surface area contributed by atoms with Crippen molar-refractivity contribution < 1.29 is 46.4 Å². The number of Topliss-reactive ketones (excluding diaryl/α,β-unsaturated/α-hetero) is 1. The number of halogens is 1. The highest BCUT2D eigenvalue weighted by Gasteiger charge is 2.41. The first-order chi connectivity index (χ1) is 27.4. The van der Waals surface area contributed by atoms with Crippen LogP contribution in [0.1, 0.15) is 103 Å². The van der Waals surface area contributed by atoms with E-state index in [2.05, 4.69) is 25.9 Å². The molecule has 1 aromatic carbocycles. The second-order valence-corrected chi connectivity index (χ2v) is 16.8. The van der Waals surface area contributed by atoms with Gasteiger partial charge in [-0.15, -0.1) is 0 Å². The van der Waals surface area contributed by atoms with Gasteiger partial charge in [0, 0.05) is 12.4 Å². The molecule has 2 aromatic rings. The lowest BCUT2D eigenvalue weighted by Crippen LogP contribution is -2.60. The number of nitrogens with zero attached hydrogens (tertiary/aromatic N) is 3. The molecule has 1 fully saturated rings. The predicted molar refractivity (Wildman–Crippen MR) is 209 cm³/mol. The molecule has 6 N–H and O–H groups in total. The van der Waals surface area contributed by atoms with Gasteiger partial charge in [-0.25, -0.2) is 22.1 Å². The number of ketones is 1. The van der Waals surface area contributed by atoms with Gasteiger partial charge >= 0.3 is 0 Å². The SMILES string of the molecule is CCC(N)C(=O)C(=O)NC(=O)CN(C(=O)[C@H](CC1CCCCC1)NC(=O)[C@@H](NC(=O)[C@H](CC(C)C)NC(=O)c1cnccn1)[C@@H](C)CC)S(=O)(=O)c1ccccc1F. The van der Waals surface area contributed by atoms with Crippen molar-refractivity contribution in [3.8, 4) is 0 Å². The Morgan fingerprint density at radius 1 is 0.897 bits per heavy atom. The fourth-order valence-electron chi connectivity index (χ4n) is 6.49. The van der Waals surface area contributed by atoms with Crippen molar-refractivity contribution in [1.82, 2.24) is 35.5 Å². The quantitative estimate of drug-likeness (QED) is 0.120. The van der Waals surface area contributed by atoms with Crippen LogP contribution in [-0.4, -0.2) is 94.6 Å². The summed E-state index contributed by atoms with van der Waals surface area (Å²) in [5.41, 5.74) is 5.60. The number of imide groups is 1. The first kappa shape index (κ1) is 47.2. The summed E-state index contributed by atoms with van der Waals surface area (Å²) in [6, 6.07) is -1.14. The molecule has 318 valence electrons. The largest absolute Gasteiger partial charge is 0.342 e. The normalized spacial score (nSPS) is 15.9. The summed E-state index contributed by atoms with van der Waals surface area (Å²) in [4.78, 5) is 101. The molecule has 5 atom stereocenters. The van der Waals surface area contributed by atoms with Crippen molar-refractivity contribution in [2.24, 2.45) is 23.5 Å². The summed E-state index contributed by atoms with van der Waals surface area (Å²) in [7, 11) is -5.19. The Labute approximate surface area is 338 Å². The zero-order valence-electron chi connectivity index (χ0n) is 33.5. The molecule has 6 amide bonds. The van der Waals surface area contributed by atoms with Crippen LogP contribution in [0.25, 0.3) is 0 Å². The van der Waals surface area contributed by atoms with Crippen LogP contribution in [0.3, 0.4) is 0 Å². The zero-order chi connectivity index (χ0) is 43.2. The molecule has 3 rings (SSSR count). The molecule has 0 aliphatic heterocycles. The van der Waals surface area contributed by atoms with Crippen LogP contribution in [-0.2, 0) is 38.8 Å². The number of nitrogens with two attached hydrogens (primary N) is 1. The first-order valence-corrected chi connectivity index (χ1v) is 21.0. The number of aromatic nitrogens is 2. The summed E-state index contributed by atoms with van der Waals surface area (Å²) in [5, 5.41) is 9.74. The summed E-state index contributed by atoms with van der Waals surface area (Å²) < 4.78 is 43.3. The van der Waals surface area contributed by atoms with Crippen LogP contribution in [0.2, 0.25) is 0 Å². The zero-order valence-corrected chi connectivity index (χ0v) is 34.3. The monoisotopic (exact) mass is 830 g/mol. The third kappa shape index (κ3) is 13.2. The van der Waals surface area contributed by atoms with Crippen molar-refractivity contribution in [2.45, 2.75) is 121 Å². The van der Waals surface area contributed by atoms with Crippen molar-refractivity contribution in [3.05, 3.63) is 54.4 Å². The topological polar surface area (TPSA) is 257 Å². The molecular weight excluding hydrogens is 776 g/mol. The summed E-state index contributed by atoms with van der Waals surface area (Å²) in [6.07, 6.45) is 8.28. The number of carbonyl (C=O) groups excluding carboxylic acids is 7. The van der Waals surface area contributed by atoms with Gasteiger partial charge in [-0.3, -0.25) is 43.9 Å². The molecule has 0 radical (unpaired) electrons. The minimum atomic E-state index is -5.19. The van der Waals surface area contributed by atoms with Crippen LogP contribution in [0, 0.1) is 23.6 Å². The fourth-order valence-corrected chi connectivity index (χ4v) is 7.94. The van der Waals surface area contributed by atoms with Gasteiger partial charge in [-0.05, 0) is 49.1 Å². The van der Waals surface area contributed by atoms with E-state index in [1.54, 1.807) is 19.2 Å². The standard InChI is InChI=1S/C39H55FN8O9S/c1-6-24(5)33(47-35(51)28(19-23(3)4)44-36(52)30-21-42-17-18-43-30)37(53)45-29(20-25-13-9-8-10-14-25)39(55)48(58(56,57)31-16-12-11-15-26(31)40)22-32(49)46-38(54)34(50)27(41)7-2/h11-12,15-18,21,23-25,27-29,33H,6-10,13-14,19-20,22,41H2,1-5H3,(H,44,52)(H,45,53)(H,47,51)(H,46,49,54)/t24-,27?,28-,29-,33-/m0/s1. The summed E-state index contributed by atoms with van der Waals surface area (Å²) in [6.45, 7) is 7.29. The van der Waals surface area contributed by atoms with E-state index in [0.717, 1.165) is 31.4 Å². The molecule has 19 heteroatoms. The molecule has 1 saturated carbocycles. The average Bonchev–Trinajstić information content (AvgIpc) is 3.20. The number of benzene rings is 1. The number of rotatable bonds is 20. The minimum Gasteiger partial charge on any atom is -0.342 e. The summed E-state index contributed by atoms with van der Waals surface area (Å²) in [5.74, 6) is -9.57. The maximum atomic E-state index is 15.1. The Kier molecular flexibility index (Phi) is 18.0.